The molecule has 19 heavy (non-hydrogen) atoms. The minimum atomic E-state index is -0.336. The van der Waals surface area contributed by atoms with Crippen LogP contribution in [0.5, 0.6) is 0 Å². The number of rotatable bonds is 2. The molecule has 1 nitrogen and oxygen atoms in total. The van der Waals surface area contributed by atoms with Gasteiger partial charge in [-0.1, -0.05) is 19.3 Å². The Labute approximate surface area is 113 Å². The summed E-state index contributed by atoms with van der Waals surface area (Å²) in [5.41, 5.74) is 1.05. The lowest BCUT2D eigenvalue weighted by molar-refractivity contribution is 0.0569. The first-order chi connectivity index (χ1) is 9.11. The Morgan fingerprint density at radius 2 is 1.79 bits per heavy atom. The predicted molar refractivity (Wildman–Crippen MR) is 73.3 cm³/mol. The summed E-state index contributed by atoms with van der Waals surface area (Å²) in [6.45, 7) is 1.59. The number of anilines is 1. The standard InChI is InChI=1S/C16H21F2N/c1-11-9-13(18)14(10-12(11)17)19-15-5-8-16(15)6-3-2-4-7-16/h9-10,15,19H,2-8H2,1H3. The van der Waals surface area contributed by atoms with E-state index in [-0.39, 0.29) is 11.6 Å². The van der Waals surface area contributed by atoms with Gasteiger partial charge < -0.3 is 5.32 Å². The van der Waals surface area contributed by atoms with Gasteiger partial charge in [0.25, 0.3) is 0 Å². The van der Waals surface area contributed by atoms with Crippen molar-refractivity contribution in [3.8, 4) is 0 Å². The summed E-state index contributed by atoms with van der Waals surface area (Å²) in [7, 11) is 0. The van der Waals surface area contributed by atoms with E-state index in [2.05, 4.69) is 5.32 Å². The van der Waals surface area contributed by atoms with Crippen molar-refractivity contribution < 1.29 is 8.78 Å². The van der Waals surface area contributed by atoms with Crippen molar-refractivity contribution in [3.05, 3.63) is 29.3 Å². The van der Waals surface area contributed by atoms with Crippen molar-refractivity contribution in [1.29, 1.82) is 0 Å². The van der Waals surface area contributed by atoms with E-state index in [0.29, 0.717) is 22.7 Å². The zero-order valence-electron chi connectivity index (χ0n) is 11.4. The predicted octanol–water partition coefficient (Wildman–Crippen LogP) is 4.80. The molecule has 3 rings (SSSR count). The summed E-state index contributed by atoms with van der Waals surface area (Å²) < 4.78 is 27.4. The van der Waals surface area contributed by atoms with Crippen LogP contribution in [0, 0.1) is 24.0 Å². The number of halogens is 2. The number of aryl methyl sites for hydroxylation is 1. The van der Waals surface area contributed by atoms with Crippen LogP contribution in [0.2, 0.25) is 0 Å². The second-order valence-corrected chi connectivity index (χ2v) is 6.24. The lowest BCUT2D eigenvalue weighted by atomic mass is 9.57. The molecule has 2 fully saturated rings. The monoisotopic (exact) mass is 265 g/mol. The maximum atomic E-state index is 13.9. The minimum absolute atomic E-state index is 0.324. The third-order valence-corrected chi connectivity index (χ3v) is 5.10. The van der Waals surface area contributed by atoms with Crippen LogP contribution in [0.25, 0.3) is 0 Å². The Morgan fingerprint density at radius 3 is 2.42 bits per heavy atom. The summed E-state index contributed by atoms with van der Waals surface area (Å²) in [5, 5.41) is 3.26. The second-order valence-electron chi connectivity index (χ2n) is 6.24. The Kier molecular flexibility index (Phi) is 3.23. The summed E-state index contributed by atoms with van der Waals surface area (Å²) in [4.78, 5) is 0. The molecule has 1 atom stereocenters. The van der Waals surface area contributed by atoms with Crippen molar-refractivity contribution in [2.45, 2.75) is 57.9 Å². The zero-order valence-corrected chi connectivity index (χ0v) is 11.4. The van der Waals surface area contributed by atoms with Crippen molar-refractivity contribution in [2.75, 3.05) is 5.32 Å². The second kappa shape index (κ2) is 4.77. The van der Waals surface area contributed by atoms with Gasteiger partial charge in [0, 0.05) is 12.1 Å². The highest BCUT2D eigenvalue weighted by Gasteiger charge is 2.46. The zero-order chi connectivity index (χ0) is 13.5. The molecule has 0 saturated heterocycles. The fourth-order valence-electron chi connectivity index (χ4n) is 3.72. The Morgan fingerprint density at radius 1 is 1.05 bits per heavy atom. The molecule has 3 heteroatoms. The highest BCUT2D eigenvalue weighted by molar-refractivity contribution is 5.48. The third kappa shape index (κ3) is 2.24. The van der Waals surface area contributed by atoms with Crippen molar-refractivity contribution in [1.82, 2.24) is 0 Å². The number of hydrogen-bond donors (Lipinski definition) is 1. The number of hydrogen-bond acceptors (Lipinski definition) is 1. The maximum absolute atomic E-state index is 13.9. The van der Waals surface area contributed by atoms with E-state index in [0.717, 1.165) is 6.42 Å². The molecule has 2 aliphatic rings. The maximum Gasteiger partial charge on any atom is 0.146 e. The van der Waals surface area contributed by atoms with E-state index in [1.165, 1.54) is 50.7 Å². The van der Waals surface area contributed by atoms with Gasteiger partial charge in [0.2, 0.25) is 0 Å². The SMILES string of the molecule is Cc1cc(F)c(NC2CCC23CCCCC3)cc1F. The first-order valence-electron chi connectivity index (χ1n) is 7.33. The highest BCUT2D eigenvalue weighted by atomic mass is 19.1. The third-order valence-electron chi connectivity index (χ3n) is 5.10. The molecule has 0 radical (unpaired) electrons. The first-order valence-corrected chi connectivity index (χ1v) is 7.33. The van der Waals surface area contributed by atoms with Crippen LogP contribution in [-0.4, -0.2) is 6.04 Å². The fraction of sp³-hybridized carbons (Fsp3) is 0.625. The van der Waals surface area contributed by atoms with E-state index in [9.17, 15) is 8.78 Å². The van der Waals surface area contributed by atoms with Crippen LogP contribution in [0.3, 0.4) is 0 Å². The van der Waals surface area contributed by atoms with Crippen molar-refractivity contribution in [2.24, 2.45) is 5.41 Å². The Bertz CT molecular complexity index is 478. The smallest absolute Gasteiger partial charge is 0.146 e. The highest BCUT2D eigenvalue weighted by Crippen LogP contribution is 2.52. The summed E-state index contributed by atoms with van der Waals surface area (Å²) >= 11 is 0. The molecule has 0 aliphatic heterocycles. The van der Waals surface area contributed by atoms with Gasteiger partial charge >= 0.3 is 0 Å². The molecule has 1 unspecified atom stereocenters. The van der Waals surface area contributed by atoms with Gasteiger partial charge in [-0.15, -0.1) is 0 Å². The minimum Gasteiger partial charge on any atom is -0.379 e. The quantitative estimate of drug-likeness (QED) is 0.810. The summed E-state index contributed by atoms with van der Waals surface area (Å²) in [6.07, 6.45) is 8.67. The van der Waals surface area contributed by atoms with Crippen LogP contribution in [0.15, 0.2) is 12.1 Å². The van der Waals surface area contributed by atoms with Crippen molar-refractivity contribution >= 4 is 5.69 Å². The van der Waals surface area contributed by atoms with Crippen LogP contribution in [0.1, 0.15) is 50.5 Å². The molecule has 1 aromatic carbocycles. The van der Waals surface area contributed by atoms with Gasteiger partial charge in [-0.25, -0.2) is 8.78 Å². The molecule has 1 aromatic rings. The van der Waals surface area contributed by atoms with E-state index in [1.54, 1.807) is 6.92 Å². The van der Waals surface area contributed by atoms with E-state index in [4.69, 9.17) is 0 Å². The molecule has 0 amide bonds. The van der Waals surface area contributed by atoms with E-state index >= 15 is 0 Å². The Hall–Kier alpha value is -1.12. The normalized spacial score (nSPS) is 25.1. The van der Waals surface area contributed by atoms with Crippen LogP contribution < -0.4 is 5.32 Å². The van der Waals surface area contributed by atoms with Gasteiger partial charge in [-0.3, -0.25) is 0 Å². The molecule has 2 saturated carbocycles. The lowest BCUT2D eigenvalue weighted by Gasteiger charge is -2.52. The van der Waals surface area contributed by atoms with E-state index < -0.39 is 0 Å². The first kappa shape index (κ1) is 12.9. The Balaban J connectivity index is 1.76. The molecular weight excluding hydrogens is 244 g/mol. The molecule has 2 aliphatic carbocycles. The largest absolute Gasteiger partial charge is 0.379 e. The fourth-order valence-corrected chi connectivity index (χ4v) is 3.72. The number of nitrogens with one attached hydrogen (secondary N) is 1. The van der Waals surface area contributed by atoms with Crippen molar-refractivity contribution in [3.63, 3.8) is 0 Å². The van der Waals surface area contributed by atoms with Gasteiger partial charge in [0.05, 0.1) is 5.69 Å². The lowest BCUT2D eigenvalue weighted by Crippen LogP contribution is -2.50. The average molecular weight is 265 g/mol. The molecule has 0 bridgehead atoms. The van der Waals surface area contributed by atoms with Gasteiger partial charge in [-0.05, 0) is 49.7 Å². The molecular formula is C16H21F2N. The molecule has 0 aromatic heterocycles. The van der Waals surface area contributed by atoms with E-state index in [1.807, 2.05) is 0 Å². The average Bonchev–Trinajstić information content (AvgIpc) is 2.41. The van der Waals surface area contributed by atoms with Gasteiger partial charge in [0.15, 0.2) is 0 Å². The van der Waals surface area contributed by atoms with Gasteiger partial charge in [-0.2, -0.15) is 0 Å². The molecule has 1 N–H and O–H groups in total. The summed E-state index contributed by atoms with van der Waals surface area (Å²) in [6, 6.07) is 2.91. The number of benzene rings is 1. The molecule has 0 heterocycles. The molecule has 1 spiro atoms. The van der Waals surface area contributed by atoms with Crippen LogP contribution in [-0.2, 0) is 0 Å². The van der Waals surface area contributed by atoms with Crippen LogP contribution >= 0.6 is 0 Å². The topological polar surface area (TPSA) is 12.0 Å². The summed E-state index contributed by atoms with van der Waals surface area (Å²) in [5.74, 6) is -0.669. The molecule has 104 valence electrons. The van der Waals surface area contributed by atoms with Crippen LogP contribution in [0.4, 0.5) is 14.5 Å². The van der Waals surface area contributed by atoms with Gasteiger partial charge in [0.1, 0.15) is 11.6 Å².